The van der Waals surface area contributed by atoms with Crippen LogP contribution in [-0.4, -0.2) is 14.4 Å². The molecule has 0 rings (SSSR count). The topological polar surface area (TPSA) is 17.1 Å². The molecule has 0 spiro atoms. The molecule has 0 aliphatic heterocycles. The van der Waals surface area contributed by atoms with E-state index in [1.165, 1.54) is 0 Å². The molecule has 0 atom stereocenters. The zero-order valence-corrected chi connectivity index (χ0v) is 10.3. The molecule has 1 nitrogen and oxygen atoms in total. The van der Waals surface area contributed by atoms with Gasteiger partial charge in [-0.1, -0.05) is 40.8 Å². The van der Waals surface area contributed by atoms with Crippen LogP contribution in [-0.2, 0) is 4.79 Å². The van der Waals surface area contributed by atoms with Crippen molar-refractivity contribution in [2.45, 2.75) is 51.9 Å². The summed E-state index contributed by atoms with van der Waals surface area (Å²) in [5, 5.41) is 0.355. The molecule has 0 amide bonds. The molecule has 0 radical (unpaired) electrons. The number of aldehydes is 1. The molecule has 0 aromatic heterocycles. The van der Waals surface area contributed by atoms with Crippen LogP contribution in [0.1, 0.15) is 27.7 Å². The number of hydrogen-bond donors (Lipinski definition) is 0. The van der Waals surface area contributed by atoms with Crippen molar-refractivity contribution in [3.05, 3.63) is 0 Å². The maximum Gasteiger partial charge on any atom is 0.117 e. The third-order valence-corrected chi connectivity index (χ3v) is 9.03. The molecule has 0 unspecified atom stereocenters. The van der Waals surface area contributed by atoms with Gasteiger partial charge < -0.3 is 4.79 Å². The van der Waals surface area contributed by atoms with E-state index in [2.05, 4.69) is 40.8 Å². The molecule has 0 aliphatic rings. The highest BCUT2D eigenvalue weighted by molar-refractivity contribution is 6.82. The summed E-state index contributed by atoms with van der Waals surface area (Å²) in [5.74, 6) is 0.666. The molecular weight excluding hydrogens is 164 g/mol. The first kappa shape index (κ1) is 11.9. The lowest BCUT2D eigenvalue weighted by Gasteiger charge is -2.42. The smallest absolute Gasteiger partial charge is 0.117 e. The third-order valence-electron chi connectivity index (χ3n) is 3.78. The standard InChI is InChI=1S/C10H22OSi/c1-9(2)10(3,4)12(5,6)8-7-11/h7,9H,8H2,1-6H3. The van der Waals surface area contributed by atoms with E-state index in [4.69, 9.17) is 0 Å². The quantitative estimate of drug-likeness (QED) is 0.486. The van der Waals surface area contributed by atoms with Crippen LogP contribution in [0.4, 0.5) is 0 Å². The first-order valence-corrected chi connectivity index (χ1v) is 7.90. The van der Waals surface area contributed by atoms with Gasteiger partial charge in [0.1, 0.15) is 6.29 Å². The van der Waals surface area contributed by atoms with E-state index in [0.29, 0.717) is 11.0 Å². The Balaban J connectivity index is 4.61. The summed E-state index contributed by atoms with van der Waals surface area (Å²) in [5.41, 5.74) is 0. The second kappa shape index (κ2) is 3.73. The highest BCUT2D eigenvalue weighted by atomic mass is 28.3. The molecule has 0 heterocycles. The molecule has 2 heteroatoms. The number of carbonyl (C=O) groups is 1. The van der Waals surface area contributed by atoms with Gasteiger partial charge in [0.15, 0.2) is 0 Å². The summed E-state index contributed by atoms with van der Waals surface area (Å²) in [6, 6.07) is 0.790. The molecule has 0 aromatic carbocycles. The fraction of sp³-hybridized carbons (Fsp3) is 0.900. The van der Waals surface area contributed by atoms with Crippen molar-refractivity contribution in [2.24, 2.45) is 5.92 Å². The average Bonchev–Trinajstić information content (AvgIpc) is 1.86. The second-order valence-electron chi connectivity index (χ2n) is 5.13. The van der Waals surface area contributed by atoms with Gasteiger partial charge in [-0.2, -0.15) is 0 Å². The Morgan fingerprint density at radius 3 is 2.00 bits per heavy atom. The van der Waals surface area contributed by atoms with E-state index in [-0.39, 0.29) is 0 Å². The van der Waals surface area contributed by atoms with Crippen molar-refractivity contribution in [1.82, 2.24) is 0 Å². The molecule has 0 aliphatic carbocycles. The van der Waals surface area contributed by atoms with E-state index < -0.39 is 8.07 Å². The van der Waals surface area contributed by atoms with Gasteiger partial charge in [0.05, 0.1) is 8.07 Å². The largest absolute Gasteiger partial charge is 0.304 e. The van der Waals surface area contributed by atoms with E-state index in [1.54, 1.807) is 0 Å². The predicted molar refractivity (Wildman–Crippen MR) is 57.2 cm³/mol. The number of rotatable bonds is 4. The van der Waals surface area contributed by atoms with Crippen LogP contribution in [0.5, 0.6) is 0 Å². The van der Waals surface area contributed by atoms with Crippen molar-refractivity contribution < 1.29 is 4.79 Å². The lowest BCUT2D eigenvalue weighted by atomic mass is 9.99. The third kappa shape index (κ3) is 2.19. The summed E-state index contributed by atoms with van der Waals surface area (Å²) in [7, 11) is -1.36. The molecule has 0 saturated heterocycles. The van der Waals surface area contributed by atoms with E-state index in [0.717, 1.165) is 12.3 Å². The maximum atomic E-state index is 10.5. The van der Waals surface area contributed by atoms with Crippen LogP contribution < -0.4 is 0 Å². The van der Waals surface area contributed by atoms with Gasteiger partial charge in [0.2, 0.25) is 0 Å². The molecule has 0 saturated carbocycles. The summed E-state index contributed by atoms with van der Waals surface area (Å²) in [6.07, 6.45) is 1.09. The lowest BCUT2D eigenvalue weighted by molar-refractivity contribution is -0.106. The van der Waals surface area contributed by atoms with Gasteiger partial charge in [-0.15, -0.1) is 0 Å². The SMILES string of the molecule is CC(C)C(C)(C)[Si](C)(C)CC=O. The van der Waals surface area contributed by atoms with Crippen LogP contribution >= 0.6 is 0 Å². The lowest BCUT2D eigenvalue weighted by Crippen LogP contribution is -2.42. The molecular formula is C10H22OSi. The Morgan fingerprint density at radius 1 is 1.33 bits per heavy atom. The van der Waals surface area contributed by atoms with Crippen LogP contribution in [0.15, 0.2) is 0 Å². The van der Waals surface area contributed by atoms with Gasteiger partial charge in [0.25, 0.3) is 0 Å². The summed E-state index contributed by atoms with van der Waals surface area (Å²) in [4.78, 5) is 10.5. The zero-order chi connectivity index (χ0) is 9.99. The minimum absolute atomic E-state index is 0.355. The Kier molecular flexibility index (Phi) is 3.70. The van der Waals surface area contributed by atoms with E-state index >= 15 is 0 Å². The highest BCUT2D eigenvalue weighted by Crippen LogP contribution is 2.45. The second-order valence-corrected chi connectivity index (χ2v) is 10.6. The fourth-order valence-corrected chi connectivity index (χ4v) is 3.76. The van der Waals surface area contributed by atoms with E-state index in [9.17, 15) is 4.79 Å². The molecule has 12 heavy (non-hydrogen) atoms. The summed E-state index contributed by atoms with van der Waals surface area (Å²) in [6.45, 7) is 13.7. The first-order chi connectivity index (χ1) is 5.25. The fourth-order valence-electron chi connectivity index (χ4n) is 1.25. The molecule has 72 valence electrons. The van der Waals surface area contributed by atoms with E-state index in [1.807, 2.05) is 0 Å². The first-order valence-electron chi connectivity index (χ1n) is 4.69. The van der Waals surface area contributed by atoms with Gasteiger partial charge in [-0.05, 0) is 17.0 Å². The Bertz CT molecular complexity index is 159. The Morgan fingerprint density at radius 2 is 1.75 bits per heavy atom. The normalized spacial score (nSPS) is 13.6. The van der Waals surface area contributed by atoms with Crippen LogP contribution in [0.2, 0.25) is 24.2 Å². The zero-order valence-electron chi connectivity index (χ0n) is 9.27. The van der Waals surface area contributed by atoms with Crippen molar-refractivity contribution in [3.63, 3.8) is 0 Å². The monoisotopic (exact) mass is 186 g/mol. The van der Waals surface area contributed by atoms with Crippen LogP contribution in [0.3, 0.4) is 0 Å². The van der Waals surface area contributed by atoms with Crippen LogP contribution in [0.25, 0.3) is 0 Å². The van der Waals surface area contributed by atoms with Crippen LogP contribution in [0, 0.1) is 5.92 Å². The van der Waals surface area contributed by atoms with Gasteiger partial charge in [-0.3, -0.25) is 0 Å². The molecule has 0 bridgehead atoms. The van der Waals surface area contributed by atoms with Crippen molar-refractivity contribution in [1.29, 1.82) is 0 Å². The summed E-state index contributed by atoms with van der Waals surface area (Å²) < 4.78 is 0. The van der Waals surface area contributed by atoms with Crippen molar-refractivity contribution in [3.8, 4) is 0 Å². The minimum Gasteiger partial charge on any atom is -0.304 e. The number of hydrogen-bond acceptors (Lipinski definition) is 1. The van der Waals surface area contributed by atoms with Crippen molar-refractivity contribution in [2.75, 3.05) is 0 Å². The highest BCUT2D eigenvalue weighted by Gasteiger charge is 2.40. The minimum atomic E-state index is -1.36. The molecule has 0 fully saturated rings. The van der Waals surface area contributed by atoms with Crippen molar-refractivity contribution >= 4 is 14.4 Å². The van der Waals surface area contributed by atoms with Gasteiger partial charge in [-0.25, -0.2) is 0 Å². The Labute approximate surface area is 77.6 Å². The summed E-state index contributed by atoms with van der Waals surface area (Å²) >= 11 is 0. The predicted octanol–water partition coefficient (Wildman–Crippen LogP) is 3.33. The molecule has 0 aromatic rings. The molecule has 0 N–H and O–H groups in total. The van der Waals surface area contributed by atoms with Gasteiger partial charge >= 0.3 is 0 Å². The number of carbonyl (C=O) groups excluding carboxylic acids is 1. The maximum absolute atomic E-state index is 10.5. The Hall–Kier alpha value is -0.113. The van der Waals surface area contributed by atoms with Gasteiger partial charge in [0, 0.05) is 0 Å². The average molecular weight is 186 g/mol.